The van der Waals surface area contributed by atoms with Crippen LogP contribution in [0.4, 0.5) is 5.69 Å². The van der Waals surface area contributed by atoms with Gasteiger partial charge in [0.25, 0.3) is 11.6 Å². The molecule has 6 heteroatoms. The summed E-state index contributed by atoms with van der Waals surface area (Å²) in [6.45, 7) is 3.09. The summed E-state index contributed by atoms with van der Waals surface area (Å²) >= 11 is 0. The smallest absolute Gasteiger partial charge is 0.272 e. The molecule has 1 amide bonds. The number of nitrogens with zero attached hydrogens (tertiary/aromatic N) is 2. The average molecular weight is 326 g/mol. The van der Waals surface area contributed by atoms with Crippen LogP contribution in [0, 0.1) is 17.0 Å². The molecule has 3 rings (SSSR count). The maximum atomic E-state index is 12.7. The van der Waals surface area contributed by atoms with Crippen LogP contribution in [0.2, 0.25) is 0 Å². The molecule has 0 spiro atoms. The summed E-state index contributed by atoms with van der Waals surface area (Å²) in [5.74, 6) is -0.128. The third-order valence-corrected chi connectivity index (χ3v) is 4.17. The number of hydrogen-bond acceptors (Lipinski definition) is 4. The van der Waals surface area contributed by atoms with Gasteiger partial charge in [-0.3, -0.25) is 14.9 Å². The highest BCUT2D eigenvalue weighted by Crippen LogP contribution is 2.24. The fourth-order valence-electron chi connectivity index (χ4n) is 2.88. The SMILES string of the molecule is Cc1cc(C(=O)N2CCOC(c3ccccc3)C2)ccc1[N+](=O)[O-]. The Morgan fingerprint density at radius 3 is 2.67 bits per heavy atom. The second-order valence-electron chi connectivity index (χ2n) is 5.78. The number of rotatable bonds is 3. The average Bonchev–Trinajstić information content (AvgIpc) is 2.61. The van der Waals surface area contributed by atoms with Crippen LogP contribution in [0.1, 0.15) is 27.6 Å². The highest BCUT2D eigenvalue weighted by molar-refractivity contribution is 5.94. The number of carbonyl (C=O) groups excluding carboxylic acids is 1. The van der Waals surface area contributed by atoms with Crippen molar-refractivity contribution in [3.8, 4) is 0 Å². The van der Waals surface area contributed by atoms with Gasteiger partial charge < -0.3 is 9.64 Å². The van der Waals surface area contributed by atoms with Gasteiger partial charge in [-0.05, 0) is 24.6 Å². The predicted octanol–water partition coefficient (Wildman–Crippen LogP) is 3.12. The number of carbonyl (C=O) groups is 1. The molecule has 1 unspecified atom stereocenters. The van der Waals surface area contributed by atoms with Crippen LogP contribution in [0.3, 0.4) is 0 Å². The van der Waals surface area contributed by atoms with Crippen LogP contribution in [0.15, 0.2) is 48.5 Å². The molecule has 0 radical (unpaired) electrons. The number of amides is 1. The summed E-state index contributed by atoms with van der Waals surface area (Å²) < 4.78 is 5.77. The van der Waals surface area contributed by atoms with Crippen molar-refractivity contribution in [2.75, 3.05) is 19.7 Å². The van der Waals surface area contributed by atoms with Gasteiger partial charge >= 0.3 is 0 Å². The normalized spacial score (nSPS) is 17.5. The van der Waals surface area contributed by atoms with Crippen molar-refractivity contribution in [3.05, 3.63) is 75.3 Å². The summed E-state index contributed by atoms with van der Waals surface area (Å²) in [5, 5.41) is 10.9. The van der Waals surface area contributed by atoms with Gasteiger partial charge in [0.2, 0.25) is 0 Å². The third kappa shape index (κ3) is 3.28. The molecular weight excluding hydrogens is 308 g/mol. The molecule has 0 bridgehead atoms. The maximum Gasteiger partial charge on any atom is 0.272 e. The van der Waals surface area contributed by atoms with E-state index in [1.165, 1.54) is 12.1 Å². The first kappa shape index (κ1) is 16.1. The molecule has 124 valence electrons. The number of hydrogen-bond donors (Lipinski definition) is 0. The van der Waals surface area contributed by atoms with Gasteiger partial charge in [-0.15, -0.1) is 0 Å². The van der Waals surface area contributed by atoms with Crippen molar-refractivity contribution in [2.45, 2.75) is 13.0 Å². The van der Waals surface area contributed by atoms with Crippen molar-refractivity contribution >= 4 is 11.6 Å². The molecule has 2 aromatic carbocycles. The molecule has 0 N–H and O–H groups in total. The highest BCUT2D eigenvalue weighted by atomic mass is 16.6. The van der Waals surface area contributed by atoms with E-state index in [4.69, 9.17) is 4.74 Å². The Balaban J connectivity index is 1.77. The second-order valence-corrected chi connectivity index (χ2v) is 5.78. The van der Waals surface area contributed by atoms with Crippen molar-refractivity contribution in [1.82, 2.24) is 4.90 Å². The fraction of sp³-hybridized carbons (Fsp3) is 0.278. The summed E-state index contributed by atoms with van der Waals surface area (Å²) in [5.41, 5.74) is 2.01. The number of morpholine rings is 1. The lowest BCUT2D eigenvalue weighted by Crippen LogP contribution is -2.42. The molecule has 0 aliphatic carbocycles. The van der Waals surface area contributed by atoms with Gasteiger partial charge in [0.05, 0.1) is 18.1 Å². The maximum absolute atomic E-state index is 12.7. The zero-order valence-corrected chi connectivity index (χ0v) is 13.3. The number of nitro groups is 1. The van der Waals surface area contributed by atoms with E-state index in [0.29, 0.717) is 30.8 Å². The lowest BCUT2D eigenvalue weighted by Gasteiger charge is -2.33. The second kappa shape index (κ2) is 6.80. The summed E-state index contributed by atoms with van der Waals surface area (Å²) in [6, 6.07) is 14.3. The molecule has 1 saturated heterocycles. The molecule has 2 aromatic rings. The van der Waals surface area contributed by atoms with E-state index in [2.05, 4.69) is 0 Å². The van der Waals surface area contributed by atoms with Crippen molar-refractivity contribution in [2.24, 2.45) is 0 Å². The Morgan fingerprint density at radius 2 is 2.00 bits per heavy atom. The van der Waals surface area contributed by atoms with Gasteiger partial charge in [-0.2, -0.15) is 0 Å². The van der Waals surface area contributed by atoms with Crippen LogP contribution in [0.5, 0.6) is 0 Å². The molecule has 1 heterocycles. The van der Waals surface area contributed by atoms with E-state index in [0.717, 1.165) is 5.56 Å². The molecule has 1 fully saturated rings. The van der Waals surface area contributed by atoms with Gasteiger partial charge in [-0.1, -0.05) is 30.3 Å². The van der Waals surface area contributed by atoms with Crippen LogP contribution in [0.25, 0.3) is 0 Å². The van der Waals surface area contributed by atoms with Crippen LogP contribution >= 0.6 is 0 Å². The highest BCUT2D eigenvalue weighted by Gasteiger charge is 2.26. The molecule has 0 saturated carbocycles. The minimum absolute atomic E-state index is 0.0238. The zero-order chi connectivity index (χ0) is 17.1. The van der Waals surface area contributed by atoms with Gasteiger partial charge in [-0.25, -0.2) is 0 Å². The van der Waals surface area contributed by atoms with Gasteiger partial charge in [0.15, 0.2) is 0 Å². The Bertz CT molecular complexity index is 761. The third-order valence-electron chi connectivity index (χ3n) is 4.17. The predicted molar refractivity (Wildman–Crippen MR) is 88.9 cm³/mol. The van der Waals surface area contributed by atoms with Gasteiger partial charge in [0.1, 0.15) is 6.10 Å². The Hall–Kier alpha value is -2.73. The van der Waals surface area contributed by atoms with E-state index < -0.39 is 4.92 Å². The first-order valence-electron chi connectivity index (χ1n) is 7.77. The first-order valence-corrected chi connectivity index (χ1v) is 7.77. The topological polar surface area (TPSA) is 72.7 Å². The lowest BCUT2D eigenvalue weighted by atomic mass is 10.1. The fourth-order valence-corrected chi connectivity index (χ4v) is 2.88. The van der Waals surface area contributed by atoms with Crippen molar-refractivity contribution in [1.29, 1.82) is 0 Å². The molecule has 0 aromatic heterocycles. The van der Waals surface area contributed by atoms with E-state index in [9.17, 15) is 14.9 Å². The quantitative estimate of drug-likeness (QED) is 0.642. The summed E-state index contributed by atoms with van der Waals surface area (Å²) in [7, 11) is 0. The Kier molecular flexibility index (Phi) is 4.57. The number of ether oxygens (including phenoxy) is 1. The zero-order valence-electron chi connectivity index (χ0n) is 13.3. The standard InChI is InChI=1S/C18H18N2O4/c1-13-11-15(7-8-16(13)20(22)23)18(21)19-9-10-24-17(12-19)14-5-3-2-4-6-14/h2-8,11,17H,9-10,12H2,1H3. The number of aryl methyl sites for hydroxylation is 1. The van der Waals surface area contributed by atoms with Crippen molar-refractivity contribution < 1.29 is 14.5 Å². The molecule has 1 atom stereocenters. The van der Waals surface area contributed by atoms with Crippen molar-refractivity contribution in [3.63, 3.8) is 0 Å². The molecule has 1 aliphatic rings. The first-order chi connectivity index (χ1) is 11.6. The Morgan fingerprint density at radius 1 is 1.25 bits per heavy atom. The lowest BCUT2D eigenvalue weighted by molar-refractivity contribution is -0.385. The molecule has 24 heavy (non-hydrogen) atoms. The number of benzene rings is 2. The van der Waals surface area contributed by atoms with E-state index >= 15 is 0 Å². The van der Waals surface area contributed by atoms with Crippen LogP contribution in [-0.2, 0) is 4.74 Å². The Labute approximate surface area is 139 Å². The summed E-state index contributed by atoms with van der Waals surface area (Å²) in [6.07, 6.45) is -0.150. The minimum Gasteiger partial charge on any atom is -0.370 e. The molecule has 1 aliphatic heterocycles. The van der Waals surface area contributed by atoms with Crippen LogP contribution < -0.4 is 0 Å². The van der Waals surface area contributed by atoms with E-state index in [1.807, 2.05) is 30.3 Å². The largest absolute Gasteiger partial charge is 0.370 e. The van der Waals surface area contributed by atoms with Gasteiger partial charge in [0, 0.05) is 23.7 Å². The monoisotopic (exact) mass is 326 g/mol. The molecular formula is C18H18N2O4. The van der Waals surface area contributed by atoms with E-state index in [-0.39, 0.29) is 17.7 Å². The number of nitro benzene ring substituents is 1. The summed E-state index contributed by atoms with van der Waals surface area (Å²) in [4.78, 5) is 24.9. The molecule has 6 nitrogen and oxygen atoms in total. The minimum atomic E-state index is -0.441. The van der Waals surface area contributed by atoms with Crippen LogP contribution in [-0.4, -0.2) is 35.4 Å². The van der Waals surface area contributed by atoms with E-state index in [1.54, 1.807) is 17.9 Å².